The van der Waals surface area contributed by atoms with E-state index < -0.39 is 316 Å². The molecule has 266 valence electrons. The van der Waals surface area contributed by atoms with Crippen LogP contribution in [0.15, 0.2) is 210 Å². The van der Waals surface area contributed by atoms with Crippen LogP contribution in [-0.2, 0) is 0 Å². The van der Waals surface area contributed by atoms with Crippen molar-refractivity contribution in [1.82, 2.24) is 9.13 Å². The summed E-state index contributed by atoms with van der Waals surface area (Å²) in [6.45, 7) is 0. The Labute approximate surface area is 376 Å². The first-order valence-electron chi connectivity index (χ1n) is 33.7. The first-order chi connectivity index (χ1) is 42.4. The third-order valence-corrected chi connectivity index (χ3v) is 9.22. The molecule has 0 bridgehead atoms. The second-order valence-corrected chi connectivity index (χ2v) is 12.3. The highest BCUT2D eigenvalue weighted by atomic mass is 16.3. The molecule has 57 heavy (non-hydrogen) atoms. The van der Waals surface area contributed by atoms with Crippen molar-refractivity contribution in [2.24, 2.45) is 0 Å². The topological polar surface area (TPSA) is 23.0 Å². The smallest absolute Gasteiger partial charge is 0.159 e. The van der Waals surface area contributed by atoms with E-state index in [-0.39, 0.29) is 0 Å². The molecule has 0 aliphatic rings. The van der Waals surface area contributed by atoms with Crippen molar-refractivity contribution < 1.29 is 51.0 Å². The normalized spacial score (nSPS) is 20.2. The third kappa shape index (κ3) is 4.86. The van der Waals surface area contributed by atoms with Gasteiger partial charge in [0, 0.05) is 37.9 Å². The molecule has 12 aromatic rings. The predicted molar refractivity (Wildman–Crippen MR) is 239 cm³/mol. The van der Waals surface area contributed by atoms with Gasteiger partial charge in [-0.05, 0) is 88.2 Å². The first kappa shape index (κ1) is 13.0. The van der Waals surface area contributed by atoms with E-state index in [9.17, 15) is 19.2 Å². The molecule has 9 aromatic carbocycles. The Bertz CT molecular complexity index is 5470. The first-order valence-corrected chi connectivity index (χ1v) is 16.7. The minimum absolute atomic E-state index is 0.576. The Morgan fingerprint density at radius 1 is 0.316 bits per heavy atom. The number of hydrogen-bond acceptors (Lipinski definition) is 1. The van der Waals surface area contributed by atoms with Gasteiger partial charge in [-0.3, -0.25) is 0 Å². The molecule has 0 saturated heterocycles. The van der Waals surface area contributed by atoms with Crippen LogP contribution in [0.4, 0.5) is 0 Å². The second-order valence-electron chi connectivity index (χ2n) is 12.3. The highest BCUT2D eigenvalue weighted by Gasteiger charge is 2.20. The number of aromatic nitrogens is 2. The highest BCUT2D eigenvalue weighted by molar-refractivity contribution is 6.15. The zero-order valence-corrected chi connectivity index (χ0v) is 28.3. The minimum atomic E-state index is -1.15. The van der Waals surface area contributed by atoms with Crippen LogP contribution in [0.25, 0.3) is 110 Å². The van der Waals surface area contributed by atoms with E-state index in [0.717, 1.165) is 4.57 Å². The summed E-state index contributed by atoms with van der Waals surface area (Å²) in [6.07, 6.45) is 0. The number of hydrogen-bond donors (Lipinski definition) is 0. The van der Waals surface area contributed by atoms with Crippen LogP contribution in [-0.4, -0.2) is 9.13 Å². The molecule has 3 heterocycles. The minimum Gasteiger partial charge on any atom is -0.454 e. The third-order valence-electron chi connectivity index (χ3n) is 9.22. The van der Waals surface area contributed by atoms with E-state index in [1.807, 2.05) is 0 Å². The maximum atomic E-state index is 10.1. The van der Waals surface area contributed by atoms with Gasteiger partial charge in [0.15, 0.2) is 5.58 Å². The fourth-order valence-corrected chi connectivity index (χ4v) is 6.82. The van der Waals surface area contributed by atoms with Gasteiger partial charge in [0.1, 0.15) is 5.58 Å². The lowest BCUT2D eigenvalue weighted by Gasteiger charge is -2.14. The summed E-state index contributed by atoms with van der Waals surface area (Å²) in [4.78, 5) is 0. The van der Waals surface area contributed by atoms with Crippen LogP contribution in [0.5, 0.6) is 0 Å². The molecule has 0 N–H and O–H groups in total. The maximum absolute atomic E-state index is 10.1. The number of rotatable bonds is 5. The maximum Gasteiger partial charge on any atom is 0.159 e. The molecular formula is C54H34N2O. The van der Waals surface area contributed by atoms with E-state index in [0.29, 0.717) is 4.57 Å². The summed E-state index contributed by atoms with van der Waals surface area (Å²) in [5.74, 6) is 0. The molecule has 0 amide bonds. The molecule has 0 unspecified atom stereocenters. The molecule has 0 saturated carbocycles. The van der Waals surface area contributed by atoms with E-state index >= 15 is 0 Å². The Hall–Kier alpha value is -7.62. The van der Waals surface area contributed by atoms with Crippen LogP contribution in [0.1, 0.15) is 46.6 Å². The van der Waals surface area contributed by atoms with E-state index in [4.69, 9.17) is 31.8 Å². The van der Waals surface area contributed by atoms with Crippen molar-refractivity contribution in [2.75, 3.05) is 0 Å². The molecule has 0 aliphatic heterocycles. The fraction of sp³-hybridized carbons (Fsp3) is 0. The monoisotopic (exact) mass is 760 g/mol. The van der Waals surface area contributed by atoms with Gasteiger partial charge in [-0.2, -0.15) is 0 Å². The van der Waals surface area contributed by atoms with Gasteiger partial charge in [0.2, 0.25) is 0 Å². The summed E-state index contributed by atoms with van der Waals surface area (Å²) in [5.41, 5.74) is -11.0. The Morgan fingerprint density at radius 3 is 1.47 bits per heavy atom. The summed E-state index contributed by atoms with van der Waals surface area (Å²) < 4.78 is 316. The SMILES string of the molecule is [2H]c1c([2H])c([2H])c(-c2c([2H])c([2H])c([2H])c([2H])c2-n2c3c([2H])c([2H])c([2H])c([2H])c3c3c([2H])c(-c4c([2H])c([2H])c5c(c4[2H])c4c([2H])c([2H])c([2H])c([2H])c4n5-c4c([2H])c([2H])c([2H])c5c4oc4c([2H])c([2H])c(-c6c([2H])c([2H])c([2H])c([2H])c6[2H])c([2H])c45)c([2H])c([2H])c32)c([2H])c1[2H]. The molecule has 3 heteroatoms. The molecule has 0 spiro atoms. The van der Waals surface area contributed by atoms with Crippen LogP contribution in [0.3, 0.4) is 0 Å². The van der Waals surface area contributed by atoms with E-state index in [1.165, 1.54) is 0 Å². The van der Waals surface area contributed by atoms with Crippen LogP contribution in [0, 0.1) is 0 Å². The fourth-order valence-electron chi connectivity index (χ4n) is 6.82. The van der Waals surface area contributed by atoms with Gasteiger partial charge in [0.05, 0.1) is 80.0 Å². The lowest BCUT2D eigenvalue weighted by molar-refractivity contribution is 0.666. The highest BCUT2D eigenvalue weighted by Crippen LogP contribution is 2.42. The van der Waals surface area contributed by atoms with Crippen molar-refractivity contribution in [3.63, 3.8) is 0 Å². The van der Waals surface area contributed by atoms with Crippen molar-refractivity contribution in [3.05, 3.63) is 205 Å². The number of benzene rings is 9. The number of nitrogens with zero attached hydrogens (tertiary/aromatic N) is 2. The van der Waals surface area contributed by atoms with Gasteiger partial charge in [0.25, 0.3) is 0 Å². The van der Waals surface area contributed by atoms with Gasteiger partial charge in [-0.25, -0.2) is 0 Å². The molecule has 3 aromatic heterocycles. The average molecular weight is 761 g/mol. The van der Waals surface area contributed by atoms with E-state index in [1.54, 1.807) is 0 Å². The van der Waals surface area contributed by atoms with Crippen LogP contribution in [0.2, 0.25) is 0 Å². The molecule has 3 nitrogen and oxygen atoms in total. The van der Waals surface area contributed by atoms with Crippen molar-refractivity contribution in [1.29, 1.82) is 0 Å². The molecule has 0 radical (unpaired) electrons. The van der Waals surface area contributed by atoms with Crippen LogP contribution >= 0.6 is 0 Å². The standard InChI is InChI=1S/C54H34N2O/c1-3-14-35(15-4-1)37-28-31-53-46(34-37)43-21-13-25-52(54(43)57-53)56-49-24-12-9-20-42(49)45-33-39(27-30-51(45)56)38-26-29-50-44(32-38)41-19-8-11-23-48(41)55(50)47-22-10-7-18-40(47)36-16-5-2-6-17-36/h1-34H/i1D,2D,3D,4D,5D,6D,7D,8D,9D,10D,11D,12D,13D,14D,15D,16D,17D,18D,19D,20D,21D,22D,23D,24D,25D,26D,27D,28D,29D,30D,31D,32D,33D,34D. The number of para-hydroxylation sites is 4. The lowest BCUT2D eigenvalue weighted by Crippen LogP contribution is -1.97. The predicted octanol–water partition coefficient (Wildman–Crippen LogP) is 14.8. The summed E-state index contributed by atoms with van der Waals surface area (Å²) >= 11 is 0. The molecule has 0 fully saturated rings. The Morgan fingerprint density at radius 2 is 0.789 bits per heavy atom. The number of furan rings is 1. The zero-order chi connectivity index (χ0) is 67.0. The summed E-state index contributed by atoms with van der Waals surface area (Å²) in [7, 11) is 0. The molecule has 0 atom stereocenters. The Balaban J connectivity index is 1.26. The second kappa shape index (κ2) is 12.5. The van der Waals surface area contributed by atoms with Crippen molar-refractivity contribution >= 4 is 65.6 Å². The van der Waals surface area contributed by atoms with Gasteiger partial charge < -0.3 is 13.6 Å². The van der Waals surface area contributed by atoms with Crippen LogP contribution < -0.4 is 0 Å². The summed E-state index contributed by atoms with van der Waals surface area (Å²) in [5, 5.41) is -3.98. The number of fused-ring (bicyclic) bond motifs is 9. The molecule has 0 aliphatic carbocycles. The molecule has 12 rings (SSSR count). The molecular weight excluding hydrogens is 693 g/mol. The van der Waals surface area contributed by atoms with E-state index in [2.05, 4.69) is 0 Å². The van der Waals surface area contributed by atoms with Gasteiger partial charge in [-0.1, -0.05) is 145 Å². The van der Waals surface area contributed by atoms with Crippen molar-refractivity contribution in [2.45, 2.75) is 0 Å². The van der Waals surface area contributed by atoms with Gasteiger partial charge in [-0.15, -0.1) is 0 Å². The zero-order valence-electron chi connectivity index (χ0n) is 62.3. The largest absolute Gasteiger partial charge is 0.454 e. The summed E-state index contributed by atoms with van der Waals surface area (Å²) in [6, 6.07) is -33.4. The Kier molecular flexibility index (Phi) is 2.84. The average Bonchev–Trinajstić information content (AvgIpc) is 1.58. The lowest BCUT2D eigenvalue weighted by atomic mass is 10.0. The van der Waals surface area contributed by atoms with Crippen molar-refractivity contribution in [3.8, 4) is 44.8 Å². The quantitative estimate of drug-likeness (QED) is 0.171. The van der Waals surface area contributed by atoms with Gasteiger partial charge >= 0.3 is 0 Å².